The van der Waals surface area contributed by atoms with Crippen LogP contribution < -0.4 is 5.32 Å². The highest BCUT2D eigenvalue weighted by Crippen LogP contribution is 2.31. The molecule has 1 aliphatic heterocycles. The van der Waals surface area contributed by atoms with E-state index in [1.165, 1.54) is 6.92 Å². The second-order valence-electron chi connectivity index (χ2n) is 6.79. The molecule has 0 spiro atoms. The van der Waals surface area contributed by atoms with Crippen molar-refractivity contribution >= 4 is 23.2 Å². The van der Waals surface area contributed by atoms with Crippen LogP contribution in [0.5, 0.6) is 0 Å². The van der Waals surface area contributed by atoms with Gasteiger partial charge in [0, 0.05) is 49.8 Å². The number of nitrogens with zero attached hydrogens (tertiary/aromatic N) is 2. The summed E-state index contributed by atoms with van der Waals surface area (Å²) in [6, 6.07) is 7.78. The molecule has 26 heavy (non-hydrogen) atoms. The van der Waals surface area contributed by atoms with E-state index in [1.807, 2.05) is 36.1 Å². The maximum Gasteiger partial charge on any atom is 0.254 e. The van der Waals surface area contributed by atoms with Gasteiger partial charge in [-0.2, -0.15) is 0 Å². The summed E-state index contributed by atoms with van der Waals surface area (Å²) >= 11 is 1.70. The van der Waals surface area contributed by atoms with Gasteiger partial charge in [-0.3, -0.25) is 9.59 Å². The Hall–Kier alpha value is -2.21. The average molecular weight is 372 g/mol. The predicted molar refractivity (Wildman–Crippen MR) is 104 cm³/mol. The second kappa shape index (κ2) is 8.45. The molecule has 0 aliphatic carbocycles. The van der Waals surface area contributed by atoms with E-state index in [-0.39, 0.29) is 11.8 Å². The van der Waals surface area contributed by atoms with E-state index in [0.717, 1.165) is 54.2 Å². The summed E-state index contributed by atoms with van der Waals surface area (Å²) < 4.78 is 0. The van der Waals surface area contributed by atoms with Crippen LogP contribution in [0.1, 0.15) is 52.3 Å². The minimum atomic E-state index is -0.00820. The molecule has 0 radical (unpaired) electrons. The smallest absolute Gasteiger partial charge is 0.254 e. The fourth-order valence-corrected chi connectivity index (χ4v) is 4.33. The average Bonchev–Trinajstić information content (AvgIpc) is 3.10. The second-order valence-corrected chi connectivity index (χ2v) is 7.68. The zero-order valence-corrected chi connectivity index (χ0v) is 16.1. The van der Waals surface area contributed by atoms with Crippen LogP contribution in [0.3, 0.4) is 0 Å². The molecule has 0 saturated carbocycles. The number of benzene rings is 1. The fraction of sp³-hybridized carbons (Fsp3) is 0.450. The van der Waals surface area contributed by atoms with Crippen LogP contribution in [0, 0.1) is 6.92 Å². The van der Waals surface area contributed by atoms with E-state index in [2.05, 4.69) is 10.7 Å². The summed E-state index contributed by atoms with van der Waals surface area (Å²) in [5, 5.41) is 6.05. The van der Waals surface area contributed by atoms with Gasteiger partial charge in [-0.1, -0.05) is 18.2 Å². The van der Waals surface area contributed by atoms with Crippen LogP contribution in [0.15, 0.2) is 29.6 Å². The van der Waals surface area contributed by atoms with Crippen molar-refractivity contribution in [1.82, 2.24) is 15.2 Å². The van der Waals surface area contributed by atoms with Crippen LogP contribution >= 0.6 is 11.3 Å². The molecule has 5 nitrogen and oxygen atoms in total. The van der Waals surface area contributed by atoms with E-state index in [4.69, 9.17) is 4.98 Å². The molecule has 1 aliphatic rings. The Morgan fingerprint density at radius 2 is 2.00 bits per heavy atom. The number of aryl methyl sites for hydroxylation is 1. The number of likely N-dealkylation sites (tertiary alicyclic amines) is 1. The van der Waals surface area contributed by atoms with Crippen LogP contribution in [0.4, 0.5) is 0 Å². The van der Waals surface area contributed by atoms with Gasteiger partial charge in [0.2, 0.25) is 5.91 Å². The summed E-state index contributed by atoms with van der Waals surface area (Å²) in [6.45, 7) is 5.69. The molecule has 1 aromatic heterocycles. The Labute approximate surface area is 158 Å². The maximum absolute atomic E-state index is 12.7. The molecule has 2 heterocycles. The third kappa shape index (κ3) is 4.49. The van der Waals surface area contributed by atoms with Crippen molar-refractivity contribution in [3.63, 3.8) is 0 Å². The van der Waals surface area contributed by atoms with Gasteiger partial charge in [-0.25, -0.2) is 4.98 Å². The van der Waals surface area contributed by atoms with E-state index < -0.39 is 0 Å². The van der Waals surface area contributed by atoms with Gasteiger partial charge in [-0.15, -0.1) is 11.3 Å². The number of rotatable bonds is 5. The molecule has 1 saturated heterocycles. The van der Waals surface area contributed by atoms with Crippen LogP contribution in [-0.4, -0.2) is 41.3 Å². The fourth-order valence-electron chi connectivity index (χ4n) is 3.30. The van der Waals surface area contributed by atoms with Crippen molar-refractivity contribution in [2.45, 2.75) is 39.0 Å². The Morgan fingerprint density at radius 1 is 1.27 bits per heavy atom. The van der Waals surface area contributed by atoms with E-state index in [1.54, 1.807) is 11.3 Å². The number of aromatic nitrogens is 1. The SMILES string of the molecule is CC(=O)NCCc1csc(C2CCN(C(=O)c3ccccc3C)CC2)n1. The predicted octanol–water partition coefficient (Wildman–Crippen LogP) is 3.15. The van der Waals surface area contributed by atoms with Crippen LogP contribution in [0.25, 0.3) is 0 Å². The lowest BCUT2D eigenvalue weighted by atomic mass is 9.96. The summed E-state index contributed by atoms with van der Waals surface area (Å²) in [5.41, 5.74) is 2.88. The Kier molecular flexibility index (Phi) is 6.04. The minimum Gasteiger partial charge on any atom is -0.356 e. The van der Waals surface area contributed by atoms with E-state index in [0.29, 0.717) is 12.5 Å². The first-order valence-corrected chi connectivity index (χ1v) is 9.96. The summed E-state index contributed by atoms with van der Waals surface area (Å²) in [5.74, 6) is 0.554. The number of hydrogen-bond donors (Lipinski definition) is 1. The van der Waals surface area contributed by atoms with Gasteiger partial charge in [0.25, 0.3) is 5.91 Å². The number of amides is 2. The van der Waals surface area contributed by atoms with Crippen molar-refractivity contribution in [3.05, 3.63) is 51.5 Å². The Morgan fingerprint density at radius 3 is 2.69 bits per heavy atom. The molecule has 138 valence electrons. The number of piperidine rings is 1. The van der Waals surface area contributed by atoms with E-state index in [9.17, 15) is 9.59 Å². The monoisotopic (exact) mass is 371 g/mol. The Bertz CT molecular complexity index is 779. The molecular formula is C20H25N3O2S. The largest absolute Gasteiger partial charge is 0.356 e. The first-order chi connectivity index (χ1) is 12.5. The number of hydrogen-bond acceptors (Lipinski definition) is 4. The highest BCUT2D eigenvalue weighted by Gasteiger charge is 2.26. The molecule has 1 fully saturated rings. The minimum absolute atomic E-state index is 0.00820. The summed E-state index contributed by atoms with van der Waals surface area (Å²) in [6.07, 6.45) is 2.67. The first-order valence-electron chi connectivity index (χ1n) is 9.08. The van der Waals surface area contributed by atoms with Crippen molar-refractivity contribution < 1.29 is 9.59 Å². The molecule has 3 rings (SSSR count). The van der Waals surface area contributed by atoms with Gasteiger partial charge < -0.3 is 10.2 Å². The zero-order chi connectivity index (χ0) is 18.5. The number of thiazole rings is 1. The molecule has 6 heteroatoms. The van der Waals surface area contributed by atoms with Gasteiger partial charge >= 0.3 is 0 Å². The number of nitrogens with one attached hydrogen (secondary N) is 1. The third-order valence-corrected chi connectivity index (χ3v) is 5.89. The highest BCUT2D eigenvalue weighted by molar-refractivity contribution is 7.09. The van der Waals surface area contributed by atoms with Crippen molar-refractivity contribution in [2.24, 2.45) is 0 Å². The number of carbonyl (C=O) groups excluding carboxylic acids is 2. The van der Waals surface area contributed by atoms with Crippen LogP contribution in [0.2, 0.25) is 0 Å². The standard InChI is InChI=1S/C20H25N3O2S/c1-14-5-3-4-6-18(14)20(25)23-11-8-16(9-12-23)19-22-17(13-26-19)7-10-21-15(2)24/h3-6,13,16H,7-12H2,1-2H3,(H,21,24). The van der Waals surface area contributed by atoms with Gasteiger partial charge in [-0.05, 0) is 31.4 Å². The maximum atomic E-state index is 12.7. The molecule has 2 aromatic rings. The first kappa shape index (κ1) is 18.6. The molecule has 2 amide bonds. The van der Waals surface area contributed by atoms with E-state index >= 15 is 0 Å². The van der Waals surface area contributed by atoms with Gasteiger partial charge in [0.15, 0.2) is 0 Å². The normalized spacial score (nSPS) is 15.1. The lowest BCUT2D eigenvalue weighted by Crippen LogP contribution is -2.38. The third-order valence-electron chi connectivity index (χ3n) is 4.83. The lowest BCUT2D eigenvalue weighted by Gasteiger charge is -2.31. The molecule has 0 atom stereocenters. The highest BCUT2D eigenvalue weighted by atomic mass is 32.1. The summed E-state index contributed by atoms with van der Waals surface area (Å²) in [7, 11) is 0. The quantitative estimate of drug-likeness (QED) is 0.878. The molecule has 0 unspecified atom stereocenters. The van der Waals surface area contributed by atoms with Gasteiger partial charge in [0.1, 0.15) is 0 Å². The van der Waals surface area contributed by atoms with Crippen molar-refractivity contribution in [1.29, 1.82) is 0 Å². The molecule has 1 N–H and O–H groups in total. The molecular weight excluding hydrogens is 346 g/mol. The molecule has 0 bridgehead atoms. The lowest BCUT2D eigenvalue weighted by molar-refractivity contribution is -0.118. The van der Waals surface area contributed by atoms with Crippen molar-refractivity contribution in [3.8, 4) is 0 Å². The van der Waals surface area contributed by atoms with Gasteiger partial charge in [0.05, 0.1) is 10.7 Å². The van der Waals surface area contributed by atoms with Crippen LogP contribution in [-0.2, 0) is 11.2 Å². The zero-order valence-electron chi connectivity index (χ0n) is 15.3. The van der Waals surface area contributed by atoms with Crippen molar-refractivity contribution in [2.75, 3.05) is 19.6 Å². The topological polar surface area (TPSA) is 62.3 Å². The molecule has 1 aromatic carbocycles. The summed E-state index contributed by atoms with van der Waals surface area (Å²) in [4.78, 5) is 30.4. The Balaban J connectivity index is 1.54. The number of carbonyl (C=O) groups is 2.